The highest BCUT2D eigenvalue weighted by Gasteiger charge is 2.14. The number of rotatable bonds is 6. The first kappa shape index (κ1) is 22.7. The normalized spacial score (nSPS) is 10.6. The molecule has 0 aliphatic rings. The van der Waals surface area contributed by atoms with E-state index >= 15 is 0 Å². The third kappa shape index (κ3) is 6.26. The van der Waals surface area contributed by atoms with Gasteiger partial charge in [-0.1, -0.05) is 42.8 Å². The molecular weight excluding hydrogens is 430 g/mol. The van der Waals surface area contributed by atoms with Gasteiger partial charge in [0.1, 0.15) is 5.75 Å². The molecule has 162 valence electrons. The minimum absolute atomic E-state index is 0.338. The number of benzene rings is 3. The Kier molecular flexibility index (Phi) is 7.72. The molecule has 8 heteroatoms. The largest absolute Gasteiger partial charge is 0.423 e. The van der Waals surface area contributed by atoms with Gasteiger partial charge in [-0.15, -0.1) is 0 Å². The highest BCUT2D eigenvalue weighted by Crippen LogP contribution is 2.16. The number of nitrogens with one attached hydrogen (secondary N) is 2. The maximum atomic E-state index is 12.1. The van der Waals surface area contributed by atoms with Gasteiger partial charge in [-0.3, -0.25) is 9.59 Å². The molecule has 0 atom stereocenters. The Bertz CT molecular complexity index is 1160. The summed E-state index contributed by atoms with van der Waals surface area (Å²) in [5.74, 6) is -1.90. The summed E-state index contributed by atoms with van der Waals surface area (Å²) in [6.07, 6.45) is 2.09. The molecule has 3 rings (SSSR count). The van der Waals surface area contributed by atoms with Crippen molar-refractivity contribution in [3.05, 3.63) is 94.5 Å². The average Bonchev–Trinajstić information content (AvgIpc) is 2.80. The Hall–Kier alpha value is -3.97. The summed E-state index contributed by atoms with van der Waals surface area (Å²) < 4.78 is 5.30. The lowest BCUT2D eigenvalue weighted by Gasteiger charge is -2.08. The minimum Gasteiger partial charge on any atom is -0.423 e. The number of hydrogen-bond acceptors (Lipinski definition) is 5. The van der Waals surface area contributed by atoms with E-state index in [0.29, 0.717) is 27.6 Å². The van der Waals surface area contributed by atoms with E-state index < -0.39 is 17.8 Å². The molecule has 0 heterocycles. The summed E-state index contributed by atoms with van der Waals surface area (Å²) in [7, 11) is 0. The molecule has 0 fully saturated rings. The van der Waals surface area contributed by atoms with E-state index in [0.717, 1.165) is 12.0 Å². The topological polar surface area (TPSA) is 96.9 Å². The molecule has 0 aliphatic heterocycles. The maximum absolute atomic E-state index is 12.1. The number of halogens is 1. The van der Waals surface area contributed by atoms with Gasteiger partial charge >= 0.3 is 17.8 Å². The van der Waals surface area contributed by atoms with E-state index in [1.807, 2.05) is 19.1 Å². The number of ether oxygens (including phenoxy) is 1. The van der Waals surface area contributed by atoms with Crippen molar-refractivity contribution in [3.8, 4) is 5.75 Å². The van der Waals surface area contributed by atoms with E-state index in [1.165, 1.54) is 12.3 Å². The zero-order valence-corrected chi connectivity index (χ0v) is 17.9. The van der Waals surface area contributed by atoms with Crippen molar-refractivity contribution < 1.29 is 19.1 Å². The Morgan fingerprint density at radius 3 is 2.44 bits per heavy atom. The van der Waals surface area contributed by atoms with E-state index in [9.17, 15) is 14.4 Å². The summed E-state index contributed by atoms with van der Waals surface area (Å²) in [5.41, 5.74) is 4.66. The lowest BCUT2D eigenvalue weighted by molar-refractivity contribution is -0.136. The monoisotopic (exact) mass is 449 g/mol. The van der Waals surface area contributed by atoms with Gasteiger partial charge in [-0.25, -0.2) is 10.2 Å². The number of carbonyl (C=O) groups excluding carboxylic acids is 3. The van der Waals surface area contributed by atoms with Crippen LogP contribution in [0.15, 0.2) is 77.9 Å². The van der Waals surface area contributed by atoms with Crippen molar-refractivity contribution >= 4 is 41.3 Å². The molecule has 2 amide bonds. The lowest BCUT2D eigenvalue weighted by Crippen LogP contribution is -2.32. The Labute approximate surface area is 190 Å². The van der Waals surface area contributed by atoms with Gasteiger partial charge in [0.05, 0.1) is 11.8 Å². The zero-order valence-electron chi connectivity index (χ0n) is 17.2. The predicted molar refractivity (Wildman–Crippen MR) is 123 cm³/mol. The SMILES string of the molecule is CCc1ccccc1NC(=O)C(=O)N/N=C/c1ccc(OC(=O)c2cccc(Cl)c2)cc1. The van der Waals surface area contributed by atoms with Crippen LogP contribution >= 0.6 is 11.6 Å². The van der Waals surface area contributed by atoms with Crippen LogP contribution in [0, 0.1) is 0 Å². The molecule has 0 unspecified atom stereocenters. The molecule has 7 nitrogen and oxygen atoms in total. The number of aryl methyl sites for hydroxylation is 1. The van der Waals surface area contributed by atoms with E-state index in [4.69, 9.17) is 16.3 Å². The van der Waals surface area contributed by atoms with Gasteiger partial charge in [-0.05, 0) is 66.1 Å². The number of amides is 2. The average molecular weight is 450 g/mol. The van der Waals surface area contributed by atoms with Crippen molar-refractivity contribution in [2.45, 2.75) is 13.3 Å². The molecule has 0 saturated heterocycles. The molecule has 0 aromatic heterocycles. The fourth-order valence-electron chi connectivity index (χ4n) is 2.75. The second-order valence-corrected chi connectivity index (χ2v) is 7.07. The molecule has 32 heavy (non-hydrogen) atoms. The zero-order chi connectivity index (χ0) is 22.9. The summed E-state index contributed by atoms with van der Waals surface area (Å²) in [6.45, 7) is 1.96. The van der Waals surface area contributed by atoms with Crippen molar-refractivity contribution in [2.75, 3.05) is 5.32 Å². The minimum atomic E-state index is -0.890. The summed E-state index contributed by atoms with van der Waals surface area (Å²) in [5, 5.41) is 6.80. The summed E-state index contributed by atoms with van der Waals surface area (Å²) >= 11 is 5.88. The van der Waals surface area contributed by atoms with Crippen LogP contribution in [0.3, 0.4) is 0 Å². The fourth-order valence-corrected chi connectivity index (χ4v) is 2.94. The molecule has 3 aromatic rings. The highest BCUT2D eigenvalue weighted by molar-refractivity contribution is 6.39. The standard InChI is InChI=1S/C24H20ClN3O4/c1-2-17-6-3-4-9-21(17)27-22(29)23(30)28-26-15-16-10-12-20(13-11-16)32-24(31)18-7-5-8-19(25)14-18/h3-15H,2H2,1H3,(H,27,29)(H,28,30)/b26-15+. The first-order chi connectivity index (χ1) is 15.5. The fraction of sp³-hybridized carbons (Fsp3) is 0.0833. The Morgan fingerprint density at radius 2 is 1.72 bits per heavy atom. The lowest BCUT2D eigenvalue weighted by atomic mass is 10.1. The molecule has 2 N–H and O–H groups in total. The smallest absolute Gasteiger partial charge is 0.343 e. The van der Waals surface area contributed by atoms with Crippen molar-refractivity contribution in [3.63, 3.8) is 0 Å². The number of para-hydroxylation sites is 1. The third-order valence-corrected chi connectivity index (χ3v) is 4.62. The number of carbonyl (C=O) groups is 3. The van der Waals surface area contributed by atoms with E-state index in [2.05, 4.69) is 15.8 Å². The van der Waals surface area contributed by atoms with E-state index in [1.54, 1.807) is 54.6 Å². The number of esters is 1. The van der Waals surface area contributed by atoms with Gasteiger partial charge in [0.2, 0.25) is 0 Å². The third-order valence-electron chi connectivity index (χ3n) is 4.38. The van der Waals surface area contributed by atoms with Crippen molar-refractivity contribution in [1.82, 2.24) is 5.43 Å². The summed E-state index contributed by atoms with van der Waals surface area (Å²) in [6, 6.07) is 20.2. The van der Waals surface area contributed by atoms with Gasteiger partial charge in [0, 0.05) is 10.7 Å². The highest BCUT2D eigenvalue weighted by atomic mass is 35.5. The van der Waals surface area contributed by atoms with Crippen molar-refractivity contribution in [2.24, 2.45) is 5.10 Å². The van der Waals surface area contributed by atoms with Crippen LogP contribution in [-0.2, 0) is 16.0 Å². The maximum Gasteiger partial charge on any atom is 0.343 e. The van der Waals surface area contributed by atoms with Crippen LogP contribution in [0.4, 0.5) is 5.69 Å². The van der Waals surface area contributed by atoms with Crippen LogP contribution in [0.2, 0.25) is 5.02 Å². The van der Waals surface area contributed by atoms with Gasteiger partial charge in [-0.2, -0.15) is 5.10 Å². The summed E-state index contributed by atoms with van der Waals surface area (Å²) in [4.78, 5) is 36.2. The molecule has 0 aliphatic carbocycles. The molecule has 0 spiro atoms. The molecule has 0 bridgehead atoms. The molecule has 3 aromatic carbocycles. The van der Waals surface area contributed by atoms with Gasteiger partial charge < -0.3 is 10.1 Å². The van der Waals surface area contributed by atoms with Crippen molar-refractivity contribution in [1.29, 1.82) is 0 Å². The quantitative estimate of drug-likeness (QED) is 0.194. The number of hydrogen-bond donors (Lipinski definition) is 2. The van der Waals surface area contributed by atoms with Crippen LogP contribution in [0.25, 0.3) is 0 Å². The van der Waals surface area contributed by atoms with Gasteiger partial charge in [0.25, 0.3) is 0 Å². The number of nitrogens with zero attached hydrogens (tertiary/aromatic N) is 1. The van der Waals surface area contributed by atoms with Crippen LogP contribution in [0.1, 0.15) is 28.4 Å². The molecular formula is C24H20ClN3O4. The number of hydrazone groups is 1. The van der Waals surface area contributed by atoms with Gasteiger partial charge in [0.15, 0.2) is 0 Å². The first-order valence-corrected chi connectivity index (χ1v) is 10.1. The van der Waals surface area contributed by atoms with E-state index in [-0.39, 0.29) is 0 Å². The number of anilines is 1. The predicted octanol–water partition coefficient (Wildman–Crippen LogP) is 4.21. The second kappa shape index (κ2) is 10.9. The van der Waals surface area contributed by atoms with Crippen LogP contribution in [-0.4, -0.2) is 24.0 Å². The van der Waals surface area contributed by atoms with Crippen LogP contribution < -0.4 is 15.5 Å². The molecule has 0 saturated carbocycles. The Balaban J connectivity index is 1.52. The Morgan fingerprint density at radius 1 is 0.969 bits per heavy atom. The second-order valence-electron chi connectivity index (χ2n) is 6.63. The molecule has 0 radical (unpaired) electrons. The first-order valence-electron chi connectivity index (χ1n) is 9.76. The van der Waals surface area contributed by atoms with Crippen LogP contribution in [0.5, 0.6) is 5.75 Å².